The van der Waals surface area contributed by atoms with Crippen molar-refractivity contribution in [1.29, 1.82) is 0 Å². The molecule has 0 heterocycles. The van der Waals surface area contributed by atoms with Gasteiger partial charge in [-0.05, 0) is 18.1 Å². The molecule has 0 unspecified atom stereocenters. The largest absolute Gasteiger partial charge is 0.447 e. The van der Waals surface area contributed by atoms with Crippen LogP contribution in [0.5, 0.6) is 0 Å². The maximum Gasteiger partial charge on any atom is 0.329 e. The normalized spacial score (nSPS) is 12.6. The summed E-state index contributed by atoms with van der Waals surface area (Å²) in [4.78, 5) is 39.0. The number of carbonyl (C=O) groups is 3. The van der Waals surface area contributed by atoms with E-state index in [1.807, 2.05) is 6.07 Å². The molecule has 1 amide bonds. The fourth-order valence-corrected chi connectivity index (χ4v) is 3.43. The fourth-order valence-electron chi connectivity index (χ4n) is 3.21. The van der Waals surface area contributed by atoms with Gasteiger partial charge in [-0.15, -0.1) is 0 Å². The fraction of sp³-hybridized carbons (Fsp3) is 0.192. The molecule has 2 atom stereocenters. The summed E-state index contributed by atoms with van der Waals surface area (Å²) in [5.74, 6) is -1.81. The third kappa shape index (κ3) is 5.62. The molecule has 164 valence electrons. The summed E-state index contributed by atoms with van der Waals surface area (Å²) in [6, 6.07) is 23.1. The second-order valence-electron chi connectivity index (χ2n) is 7.63. The number of rotatable bonds is 8. The van der Waals surface area contributed by atoms with Crippen molar-refractivity contribution in [3.63, 3.8) is 0 Å². The molecule has 0 aliphatic heterocycles. The number of esters is 1. The van der Waals surface area contributed by atoms with Crippen LogP contribution >= 0.6 is 11.6 Å². The van der Waals surface area contributed by atoms with Crippen molar-refractivity contribution >= 4 is 29.3 Å². The van der Waals surface area contributed by atoms with Crippen molar-refractivity contribution in [2.24, 2.45) is 5.92 Å². The van der Waals surface area contributed by atoms with Gasteiger partial charge in [0.05, 0.1) is 10.6 Å². The van der Waals surface area contributed by atoms with Gasteiger partial charge in [0.25, 0.3) is 5.91 Å². The zero-order valence-electron chi connectivity index (χ0n) is 17.8. The quantitative estimate of drug-likeness (QED) is 0.376. The molecule has 32 heavy (non-hydrogen) atoms. The highest BCUT2D eigenvalue weighted by molar-refractivity contribution is 6.33. The number of amides is 1. The van der Waals surface area contributed by atoms with Crippen molar-refractivity contribution in [3.05, 3.63) is 107 Å². The molecule has 0 saturated heterocycles. The summed E-state index contributed by atoms with van der Waals surface area (Å²) >= 11 is 6.11. The Morgan fingerprint density at radius 3 is 1.97 bits per heavy atom. The minimum Gasteiger partial charge on any atom is -0.447 e. The average Bonchev–Trinajstić information content (AvgIpc) is 2.81. The Kier molecular flexibility index (Phi) is 7.79. The number of hydrogen-bond acceptors (Lipinski definition) is 4. The lowest BCUT2D eigenvalue weighted by atomic mass is 9.99. The van der Waals surface area contributed by atoms with Crippen LogP contribution in [0.3, 0.4) is 0 Å². The topological polar surface area (TPSA) is 72.5 Å². The molecule has 0 radical (unpaired) electrons. The van der Waals surface area contributed by atoms with Crippen LogP contribution in [0.1, 0.15) is 46.2 Å². The van der Waals surface area contributed by atoms with Crippen LogP contribution in [0.25, 0.3) is 0 Å². The van der Waals surface area contributed by atoms with Crippen molar-refractivity contribution in [1.82, 2.24) is 5.32 Å². The second kappa shape index (κ2) is 10.7. The van der Waals surface area contributed by atoms with Crippen LogP contribution in [0, 0.1) is 5.92 Å². The number of Topliss-reactive ketones (excluding diaryl/α,β-unsaturated/α-hetero) is 1. The van der Waals surface area contributed by atoms with Gasteiger partial charge in [-0.1, -0.05) is 98.2 Å². The summed E-state index contributed by atoms with van der Waals surface area (Å²) in [5, 5.41) is 2.98. The van der Waals surface area contributed by atoms with Crippen LogP contribution < -0.4 is 5.32 Å². The molecule has 3 aromatic carbocycles. The molecule has 0 aliphatic carbocycles. The highest BCUT2D eigenvalue weighted by Crippen LogP contribution is 2.24. The molecule has 0 saturated carbocycles. The third-order valence-electron chi connectivity index (χ3n) is 4.96. The van der Waals surface area contributed by atoms with E-state index in [2.05, 4.69) is 5.32 Å². The zero-order chi connectivity index (χ0) is 23.1. The van der Waals surface area contributed by atoms with Gasteiger partial charge in [0.2, 0.25) is 5.78 Å². The number of benzene rings is 3. The van der Waals surface area contributed by atoms with Crippen molar-refractivity contribution in [3.8, 4) is 0 Å². The van der Waals surface area contributed by atoms with E-state index in [0.29, 0.717) is 11.1 Å². The van der Waals surface area contributed by atoms with Gasteiger partial charge in [0.1, 0.15) is 6.04 Å². The maximum absolute atomic E-state index is 13.2. The van der Waals surface area contributed by atoms with E-state index in [1.165, 1.54) is 0 Å². The summed E-state index contributed by atoms with van der Waals surface area (Å²) in [5.41, 5.74) is 1.23. The van der Waals surface area contributed by atoms with Crippen LogP contribution in [0.15, 0.2) is 84.9 Å². The van der Waals surface area contributed by atoms with Gasteiger partial charge < -0.3 is 10.1 Å². The molecule has 3 rings (SSSR count). The number of carbonyl (C=O) groups excluding carboxylic acids is 3. The molecule has 5 nitrogen and oxygen atoms in total. The van der Waals surface area contributed by atoms with Crippen molar-refractivity contribution < 1.29 is 19.1 Å². The molecular weight excluding hydrogens is 426 g/mol. The van der Waals surface area contributed by atoms with E-state index in [4.69, 9.17) is 16.3 Å². The molecule has 3 aromatic rings. The Balaban J connectivity index is 1.85. The van der Waals surface area contributed by atoms with Crippen LogP contribution in [-0.2, 0) is 9.53 Å². The minimum atomic E-state index is -1.13. The minimum absolute atomic E-state index is 0.257. The predicted molar refractivity (Wildman–Crippen MR) is 124 cm³/mol. The molecule has 6 heteroatoms. The number of hydrogen-bond donors (Lipinski definition) is 1. The highest BCUT2D eigenvalue weighted by atomic mass is 35.5. The van der Waals surface area contributed by atoms with Gasteiger partial charge in [0, 0.05) is 11.1 Å². The van der Waals surface area contributed by atoms with E-state index in [0.717, 1.165) is 0 Å². The lowest BCUT2D eigenvalue weighted by Crippen LogP contribution is -2.46. The first-order valence-corrected chi connectivity index (χ1v) is 10.7. The van der Waals surface area contributed by atoms with Gasteiger partial charge >= 0.3 is 5.97 Å². The molecule has 0 aliphatic rings. The van der Waals surface area contributed by atoms with Crippen LogP contribution in [-0.4, -0.2) is 23.7 Å². The van der Waals surface area contributed by atoms with Gasteiger partial charge in [-0.2, -0.15) is 0 Å². The standard InChI is InChI=1S/C26H24ClNO4/c1-17(2)22(28-25(30)20-15-9-10-16-21(20)27)26(31)32-24(19-13-7-4-8-14-19)23(29)18-11-5-3-6-12-18/h3-17,22,24H,1-2H3,(H,28,30)/t22-,24+/m0/s1. The summed E-state index contributed by atoms with van der Waals surface area (Å²) < 4.78 is 5.71. The van der Waals surface area contributed by atoms with Crippen LogP contribution in [0.4, 0.5) is 0 Å². The smallest absolute Gasteiger partial charge is 0.329 e. The Hall–Kier alpha value is -3.44. The lowest BCUT2D eigenvalue weighted by Gasteiger charge is -2.24. The van der Waals surface area contributed by atoms with E-state index in [1.54, 1.807) is 92.7 Å². The molecule has 0 fully saturated rings. The SMILES string of the molecule is CC(C)[C@H](NC(=O)c1ccccc1Cl)C(=O)O[C@@H](C(=O)c1ccccc1)c1ccccc1. The third-order valence-corrected chi connectivity index (χ3v) is 5.29. The number of nitrogens with one attached hydrogen (secondary N) is 1. The Bertz CT molecular complexity index is 1080. The monoisotopic (exact) mass is 449 g/mol. The summed E-state index contributed by atoms with van der Waals surface area (Å²) in [6.45, 7) is 3.57. The van der Waals surface area contributed by atoms with Gasteiger partial charge in [-0.25, -0.2) is 4.79 Å². The lowest BCUT2D eigenvalue weighted by molar-refractivity contribution is -0.150. The number of ether oxygens (including phenoxy) is 1. The van der Waals surface area contributed by atoms with Gasteiger partial charge in [-0.3, -0.25) is 9.59 Å². The Morgan fingerprint density at radius 1 is 0.812 bits per heavy atom. The van der Waals surface area contributed by atoms with E-state index >= 15 is 0 Å². The van der Waals surface area contributed by atoms with Crippen molar-refractivity contribution in [2.75, 3.05) is 0 Å². The van der Waals surface area contributed by atoms with Crippen LogP contribution in [0.2, 0.25) is 5.02 Å². The molecule has 0 bridgehead atoms. The first-order chi connectivity index (χ1) is 15.4. The average molecular weight is 450 g/mol. The number of ketones is 1. The van der Waals surface area contributed by atoms with E-state index in [-0.39, 0.29) is 22.3 Å². The molecular formula is C26H24ClNO4. The first kappa shape index (κ1) is 23.2. The second-order valence-corrected chi connectivity index (χ2v) is 8.04. The Morgan fingerprint density at radius 2 is 1.38 bits per heavy atom. The van der Waals surface area contributed by atoms with Gasteiger partial charge in [0.15, 0.2) is 6.10 Å². The zero-order valence-corrected chi connectivity index (χ0v) is 18.6. The van der Waals surface area contributed by atoms with E-state index < -0.39 is 24.0 Å². The highest BCUT2D eigenvalue weighted by Gasteiger charge is 2.32. The Labute approximate surface area is 192 Å². The molecule has 1 N–H and O–H groups in total. The maximum atomic E-state index is 13.2. The van der Waals surface area contributed by atoms with E-state index in [9.17, 15) is 14.4 Å². The summed E-state index contributed by atoms with van der Waals surface area (Å²) in [7, 11) is 0. The molecule has 0 spiro atoms. The summed E-state index contributed by atoms with van der Waals surface area (Å²) in [6.07, 6.45) is -1.13. The molecule has 0 aromatic heterocycles. The number of halogens is 1. The van der Waals surface area contributed by atoms with Crippen molar-refractivity contribution in [2.45, 2.75) is 26.0 Å². The predicted octanol–water partition coefficient (Wildman–Crippen LogP) is 5.26. The first-order valence-electron chi connectivity index (χ1n) is 10.3.